The van der Waals surface area contributed by atoms with Gasteiger partial charge in [-0.2, -0.15) is 9.78 Å². The number of hydrogen-bond donors (Lipinski definition) is 0. The van der Waals surface area contributed by atoms with Gasteiger partial charge < -0.3 is 9.64 Å². The minimum Gasteiger partial charge on any atom is -0.373 e. The lowest BCUT2D eigenvalue weighted by molar-refractivity contribution is 0.0384. The van der Waals surface area contributed by atoms with E-state index in [2.05, 4.69) is 5.10 Å². The summed E-state index contributed by atoms with van der Waals surface area (Å²) < 4.78 is 7.53. The molecule has 4 rings (SSSR count). The average molecular weight is 360 g/mol. The lowest BCUT2D eigenvalue weighted by Gasteiger charge is -2.19. The Kier molecular flexibility index (Phi) is 4.52. The lowest BCUT2D eigenvalue weighted by Crippen LogP contribution is -2.34. The molecule has 132 valence electrons. The minimum atomic E-state index is -0.0176. The van der Waals surface area contributed by atoms with Crippen LogP contribution in [0.4, 0.5) is 4.79 Å². The summed E-state index contributed by atoms with van der Waals surface area (Å²) in [6, 6.07) is 9.64. The second kappa shape index (κ2) is 6.81. The Morgan fingerprint density at radius 2 is 1.96 bits per heavy atom. The number of benzene rings is 1. The number of carbonyl (C=O) groups excluding carboxylic acids is 1. The maximum atomic E-state index is 12.5. The summed E-state index contributed by atoms with van der Waals surface area (Å²) in [6.45, 7) is 4.05. The van der Waals surface area contributed by atoms with E-state index < -0.39 is 0 Å². The number of aryl methyl sites for hydroxylation is 1. The van der Waals surface area contributed by atoms with E-state index in [4.69, 9.17) is 16.3 Å². The summed E-state index contributed by atoms with van der Waals surface area (Å²) in [5.41, 5.74) is 1.90. The van der Waals surface area contributed by atoms with Gasteiger partial charge in [0, 0.05) is 24.3 Å². The number of ether oxygens (including phenoxy) is 1. The topological polar surface area (TPSA) is 47.4 Å². The summed E-state index contributed by atoms with van der Waals surface area (Å²) in [4.78, 5) is 14.4. The third kappa shape index (κ3) is 3.44. The van der Waals surface area contributed by atoms with Crippen LogP contribution in [0, 0.1) is 18.8 Å². The normalized spacial score (nSPS) is 25.4. The lowest BCUT2D eigenvalue weighted by atomic mass is 10.0. The Balaban J connectivity index is 1.30. The van der Waals surface area contributed by atoms with Crippen molar-refractivity contribution in [3.63, 3.8) is 0 Å². The highest BCUT2D eigenvalue weighted by Crippen LogP contribution is 2.40. The summed E-state index contributed by atoms with van der Waals surface area (Å²) >= 11 is 6.19. The molecule has 2 unspecified atom stereocenters. The summed E-state index contributed by atoms with van der Waals surface area (Å²) in [5, 5.41) is 4.98. The van der Waals surface area contributed by atoms with Gasteiger partial charge in [0.2, 0.25) is 0 Å². The number of aromatic nitrogens is 2. The molecule has 2 aliphatic rings. The van der Waals surface area contributed by atoms with Crippen molar-refractivity contribution >= 4 is 17.6 Å². The predicted octanol–water partition coefficient (Wildman–Crippen LogP) is 3.74. The minimum absolute atomic E-state index is 0.0176. The Labute approximate surface area is 152 Å². The first-order valence-electron chi connectivity index (χ1n) is 8.76. The fraction of sp³-hybridized carbons (Fsp3) is 0.474. The zero-order chi connectivity index (χ0) is 17.4. The Bertz CT molecular complexity index is 762. The van der Waals surface area contributed by atoms with Crippen LogP contribution in [0.1, 0.15) is 24.1 Å². The molecule has 5 nitrogen and oxygen atoms in total. The van der Waals surface area contributed by atoms with Gasteiger partial charge in [-0.3, -0.25) is 0 Å². The van der Waals surface area contributed by atoms with E-state index in [9.17, 15) is 4.79 Å². The van der Waals surface area contributed by atoms with Gasteiger partial charge in [0.05, 0.1) is 18.4 Å². The summed E-state index contributed by atoms with van der Waals surface area (Å²) in [6.07, 6.45) is 4.02. The highest BCUT2D eigenvalue weighted by Gasteiger charge is 2.43. The fourth-order valence-corrected chi connectivity index (χ4v) is 4.22. The van der Waals surface area contributed by atoms with E-state index in [1.54, 1.807) is 6.20 Å². The van der Waals surface area contributed by atoms with Crippen LogP contribution in [-0.4, -0.2) is 39.9 Å². The molecule has 2 heterocycles. The fourth-order valence-electron chi connectivity index (χ4n) is 4.03. The van der Waals surface area contributed by atoms with E-state index in [-0.39, 0.29) is 12.1 Å². The first kappa shape index (κ1) is 16.6. The molecule has 0 spiro atoms. The van der Waals surface area contributed by atoms with Crippen LogP contribution in [-0.2, 0) is 11.3 Å². The number of fused-ring (bicyclic) bond motifs is 1. The molecule has 1 aromatic carbocycles. The van der Waals surface area contributed by atoms with Crippen LogP contribution in [0.25, 0.3) is 0 Å². The molecule has 2 atom stereocenters. The van der Waals surface area contributed by atoms with E-state index in [0.29, 0.717) is 18.4 Å². The Morgan fingerprint density at radius 1 is 1.24 bits per heavy atom. The average Bonchev–Trinajstić information content (AvgIpc) is 3.28. The smallest absolute Gasteiger partial charge is 0.344 e. The van der Waals surface area contributed by atoms with Gasteiger partial charge in [-0.1, -0.05) is 29.8 Å². The van der Waals surface area contributed by atoms with Crippen LogP contribution in [0.3, 0.4) is 0 Å². The number of amides is 1. The van der Waals surface area contributed by atoms with Gasteiger partial charge in [-0.15, -0.1) is 0 Å². The van der Waals surface area contributed by atoms with Crippen molar-refractivity contribution in [3.05, 3.63) is 52.8 Å². The Hall–Kier alpha value is -1.85. The second-order valence-corrected chi connectivity index (χ2v) is 7.51. The molecule has 1 aliphatic carbocycles. The second-order valence-electron chi connectivity index (χ2n) is 7.11. The first-order valence-corrected chi connectivity index (χ1v) is 9.14. The monoisotopic (exact) mass is 359 g/mol. The number of rotatable bonds is 3. The highest BCUT2D eigenvalue weighted by atomic mass is 35.5. The maximum Gasteiger partial charge on any atom is 0.344 e. The molecular weight excluding hydrogens is 338 g/mol. The van der Waals surface area contributed by atoms with Crippen molar-refractivity contribution in [3.8, 4) is 0 Å². The quantitative estimate of drug-likeness (QED) is 0.838. The number of nitrogens with zero attached hydrogens (tertiary/aromatic N) is 3. The van der Waals surface area contributed by atoms with Gasteiger partial charge in [0.1, 0.15) is 0 Å². The van der Waals surface area contributed by atoms with Gasteiger partial charge in [0.25, 0.3) is 0 Å². The van der Waals surface area contributed by atoms with Crippen molar-refractivity contribution in [2.45, 2.75) is 32.5 Å². The zero-order valence-electron chi connectivity index (χ0n) is 14.3. The number of likely N-dealkylation sites (tertiary alicyclic amines) is 1. The van der Waals surface area contributed by atoms with Crippen LogP contribution in [0.2, 0.25) is 5.02 Å². The molecule has 0 N–H and O–H groups in total. The molecule has 6 heteroatoms. The van der Waals surface area contributed by atoms with Crippen LogP contribution in [0.15, 0.2) is 36.5 Å². The summed E-state index contributed by atoms with van der Waals surface area (Å²) in [7, 11) is 0. The van der Waals surface area contributed by atoms with Gasteiger partial charge in [-0.25, -0.2) is 4.79 Å². The molecule has 2 fully saturated rings. The third-order valence-electron chi connectivity index (χ3n) is 5.33. The Morgan fingerprint density at radius 3 is 2.60 bits per heavy atom. The molecule has 0 radical (unpaired) electrons. The van der Waals surface area contributed by atoms with Crippen LogP contribution in [0.5, 0.6) is 0 Å². The number of hydrogen-bond acceptors (Lipinski definition) is 3. The molecule has 1 saturated carbocycles. The van der Waals surface area contributed by atoms with Crippen LogP contribution < -0.4 is 0 Å². The van der Waals surface area contributed by atoms with Crippen molar-refractivity contribution in [2.24, 2.45) is 11.8 Å². The standard InChI is InChI=1S/C19H22ClN3O2/c1-13-6-7-23(21-13)19(24)22-10-15-8-17(9-16(15)11-22)25-12-14-4-2-3-5-18(14)20/h2-7,15-17H,8-12H2,1H3. The van der Waals surface area contributed by atoms with E-state index >= 15 is 0 Å². The summed E-state index contributed by atoms with van der Waals surface area (Å²) in [5.74, 6) is 1.05. The van der Waals surface area contributed by atoms with E-state index in [1.807, 2.05) is 42.2 Å². The molecular formula is C19H22ClN3O2. The third-order valence-corrected chi connectivity index (χ3v) is 5.70. The molecule has 2 aromatic rings. The zero-order valence-corrected chi connectivity index (χ0v) is 15.0. The van der Waals surface area contributed by atoms with Gasteiger partial charge in [-0.05, 0) is 49.3 Å². The van der Waals surface area contributed by atoms with Gasteiger partial charge >= 0.3 is 6.03 Å². The SMILES string of the molecule is Cc1ccn(C(=O)N2CC3CC(OCc4ccccc4Cl)CC3C2)n1. The number of carbonyl (C=O) groups is 1. The maximum absolute atomic E-state index is 12.5. The van der Waals surface area contributed by atoms with E-state index in [1.165, 1.54) is 4.68 Å². The molecule has 1 aromatic heterocycles. The molecule has 0 bridgehead atoms. The van der Waals surface area contributed by atoms with Gasteiger partial charge in [0.15, 0.2) is 0 Å². The predicted molar refractivity (Wildman–Crippen MR) is 95.6 cm³/mol. The highest BCUT2D eigenvalue weighted by molar-refractivity contribution is 6.31. The molecule has 1 aliphatic heterocycles. The molecule has 25 heavy (non-hydrogen) atoms. The molecule has 1 saturated heterocycles. The molecule has 1 amide bonds. The van der Waals surface area contributed by atoms with Crippen molar-refractivity contribution < 1.29 is 9.53 Å². The number of halogens is 1. The van der Waals surface area contributed by atoms with Crippen molar-refractivity contribution in [1.82, 2.24) is 14.7 Å². The van der Waals surface area contributed by atoms with Crippen molar-refractivity contribution in [1.29, 1.82) is 0 Å². The van der Waals surface area contributed by atoms with Crippen LogP contribution >= 0.6 is 11.6 Å². The first-order chi connectivity index (χ1) is 12.1. The largest absolute Gasteiger partial charge is 0.373 e. The van der Waals surface area contributed by atoms with Crippen molar-refractivity contribution in [2.75, 3.05) is 13.1 Å². The van der Waals surface area contributed by atoms with E-state index in [0.717, 1.165) is 42.2 Å².